The monoisotopic (exact) mass is 231 g/mol. The van der Waals surface area contributed by atoms with Gasteiger partial charge in [-0.25, -0.2) is 0 Å². The molecular formula is C14H17NS. The number of rotatable bonds is 5. The summed E-state index contributed by atoms with van der Waals surface area (Å²) in [5, 5.41) is 5.53. The van der Waals surface area contributed by atoms with Crippen molar-refractivity contribution in [3.8, 4) is 0 Å². The summed E-state index contributed by atoms with van der Waals surface area (Å²) in [6.07, 6.45) is 2.30. The Morgan fingerprint density at radius 3 is 2.56 bits per heavy atom. The lowest BCUT2D eigenvalue weighted by atomic mass is 10.0. The average molecular weight is 231 g/mol. The number of nitrogens with one attached hydrogen (secondary N) is 1. The normalized spacial score (nSPS) is 12.6. The molecule has 0 spiro atoms. The van der Waals surface area contributed by atoms with Gasteiger partial charge in [0.15, 0.2) is 0 Å². The van der Waals surface area contributed by atoms with E-state index in [1.165, 1.54) is 10.4 Å². The standard InChI is InChI=1S/C14H17NS/c1-15-14(12-6-3-2-4-7-12)10-9-13-8-5-11-16-13/h2-8,11,14-15H,9-10H2,1H3. The molecule has 1 N–H and O–H groups in total. The fourth-order valence-electron chi connectivity index (χ4n) is 1.90. The van der Waals surface area contributed by atoms with E-state index in [0.29, 0.717) is 6.04 Å². The van der Waals surface area contributed by atoms with Gasteiger partial charge in [-0.15, -0.1) is 11.3 Å². The summed E-state index contributed by atoms with van der Waals surface area (Å²) in [6, 6.07) is 15.4. The summed E-state index contributed by atoms with van der Waals surface area (Å²) < 4.78 is 0. The zero-order chi connectivity index (χ0) is 11.2. The molecule has 16 heavy (non-hydrogen) atoms. The van der Waals surface area contributed by atoms with Crippen LogP contribution >= 0.6 is 11.3 Å². The van der Waals surface area contributed by atoms with Crippen molar-refractivity contribution in [2.24, 2.45) is 0 Å². The average Bonchev–Trinajstić information content (AvgIpc) is 2.84. The van der Waals surface area contributed by atoms with Crippen LogP contribution in [-0.2, 0) is 6.42 Å². The maximum absolute atomic E-state index is 3.39. The first kappa shape index (κ1) is 11.4. The van der Waals surface area contributed by atoms with Crippen molar-refractivity contribution in [3.63, 3.8) is 0 Å². The van der Waals surface area contributed by atoms with Crippen LogP contribution in [0.25, 0.3) is 0 Å². The van der Waals surface area contributed by atoms with Crippen LogP contribution in [0, 0.1) is 0 Å². The third-order valence-electron chi connectivity index (χ3n) is 2.81. The summed E-state index contributed by atoms with van der Waals surface area (Å²) in [5.41, 5.74) is 1.38. The van der Waals surface area contributed by atoms with Crippen LogP contribution < -0.4 is 5.32 Å². The quantitative estimate of drug-likeness (QED) is 0.828. The minimum Gasteiger partial charge on any atom is -0.313 e. The summed E-state index contributed by atoms with van der Waals surface area (Å²) in [6.45, 7) is 0. The highest BCUT2D eigenvalue weighted by molar-refractivity contribution is 7.09. The van der Waals surface area contributed by atoms with Crippen LogP contribution in [0.2, 0.25) is 0 Å². The van der Waals surface area contributed by atoms with E-state index in [-0.39, 0.29) is 0 Å². The fourth-order valence-corrected chi connectivity index (χ4v) is 2.63. The molecule has 0 aliphatic heterocycles. The molecule has 0 bridgehead atoms. The van der Waals surface area contributed by atoms with Crippen LogP contribution in [0.4, 0.5) is 0 Å². The van der Waals surface area contributed by atoms with Gasteiger partial charge in [0.25, 0.3) is 0 Å². The van der Waals surface area contributed by atoms with Crippen LogP contribution in [-0.4, -0.2) is 7.05 Å². The summed E-state index contributed by atoms with van der Waals surface area (Å²) >= 11 is 1.84. The van der Waals surface area contributed by atoms with Crippen molar-refractivity contribution in [1.82, 2.24) is 5.32 Å². The van der Waals surface area contributed by atoms with E-state index in [1.807, 2.05) is 18.4 Å². The lowest BCUT2D eigenvalue weighted by Crippen LogP contribution is -2.16. The SMILES string of the molecule is CNC(CCc1cccs1)c1ccccc1. The largest absolute Gasteiger partial charge is 0.313 e. The van der Waals surface area contributed by atoms with Crippen molar-refractivity contribution in [1.29, 1.82) is 0 Å². The van der Waals surface area contributed by atoms with Gasteiger partial charge in [-0.05, 0) is 36.9 Å². The van der Waals surface area contributed by atoms with E-state index in [2.05, 4.69) is 53.2 Å². The van der Waals surface area contributed by atoms with Crippen molar-refractivity contribution >= 4 is 11.3 Å². The molecule has 84 valence electrons. The molecule has 0 saturated heterocycles. The van der Waals surface area contributed by atoms with Gasteiger partial charge in [0.2, 0.25) is 0 Å². The first-order valence-electron chi connectivity index (χ1n) is 5.65. The highest BCUT2D eigenvalue weighted by atomic mass is 32.1. The molecular weight excluding hydrogens is 214 g/mol. The minimum atomic E-state index is 0.461. The smallest absolute Gasteiger partial charge is 0.0320 e. The van der Waals surface area contributed by atoms with Gasteiger partial charge in [-0.2, -0.15) is 0 Å². The number of hydrogen-bond donors (Lipinski definition) is 1. The number of aryl methyl sites for hydroxylation is 1. The van der Waals surface area contributed by atoms with Crippen molar-refractivity contribution in [3.05, 3.63) is 58.3 Å². The van der Waals surface area contributed by atoms with Crippen LogP contribution in [0.3, 0.4) is 0 Å². The predicted octanol–water partition coefficient (Wildman–Crippen LogP) is 3.64. The molecule has 2 heteroatoms. The van der Waals surface area contributed by atoms with Gasteiger partial charge in [-0.3, -0.25) is 0 Å². The Morgan fingerprint density at radius 1 is 1.12 bits per heavy atom. The highest BCUT2D eigenvalue weighted by Crippen LogP contribution is 2.20. The Labute approximate surface area is 101 Å². The van der Waals surface area contributed by atoms with Gasteiger partial charge in [0.05, 0.1) is 0 Å². The predicted molar refractivity (Wildman–Crippen MR) is 70.9 cm³/mol. The van der Waals surface area contributed by atoms with E-state index < -0.39 is 0 Å². The minimum absolute atomic E-state index is 0.461. The van der Waals surface area contributed by atoms with Crippen molar-refractivity contribution < 1.29 is 0 Å². The maximum Gasteiger partial charge on any atom is 0.0320 e. The molecule has 0 radical (unpaired) electrons. The van der Waals surface area contributed by atoms with Crippen molar-refractivity contribution in [2.45, 2.75) is 18.9 Å². The van der Waals surface area contributed by atoms with Gasteiger partial charge in [0.1, 0.15) is 0 Å². The van der Waals surface area contributed by atoms with E-state index >= 15 is 0 Å². The van der Waals surface area contributed by atoms with Gasteiger partial charge < -0.3 is 5.32 Å². The Morgan fingerprint density at radius 2 is 1.94 bits per heavy atom. The first-order valence-corrected chi connectivity index (χ1v) is 6.52. The number of thiophene rings is 1. The van der Waals surface area contributed by atoms with Crippen LogP contribution in [0.1, 0.15) is 22.9 Å². The molecule has 0 aliphatic carbocycles. The van der Waals surface area contributed by atoms with Gasteiger partial charge >= 0.3 is 0 Å². The number of hydrogen-bond acceptors (Lipinski definition) is 2. The Balaban J connectivity index is 1.96. The summed E-state index contributed by atoms with van der Waals surface area (Å²) in [4.78, 5) is 1.47. The molecule has 0 aliphatic rings. The molecule has 2 aromatic rings. The number of benzene rings is 1. The molecule has 0 saturated carbocycles. The highest BCUT2D eigenvalue weighted by Gasteiger charge is 2.08. The summed E-state index contributed by atoms with van der Waals surface area (Å²) in [7, 11) is 2.03. The van der Waals surface area contributed by atoms with Crippen LogP contribution in [0.5, 0.6) is 0 Å². The van der Waals surface area contributed by atoms with Crippen molar-refractivity contribution in [2.75, 3.05) is 7.05 Å². The first-order chi connectivity index (χ1) is 7.90. The molecule has 1 nitrogen and oxygen atoms in total. The molecule has 1 aromatic heterocycles. The Hall–Kier alpha value is -1.12. The van der Waals surface area contributed by atoms with E-state index in [9.17, 15) is 0 Å². The second kappa shape index (κ2) is 5.83. The zero-order valence-electron chi connectivity index (χ0n) is 9.52. The van der Waals surface area contributed by atoms with E-state index in [1.54, 1.807) is 0 Å². The third kappa shape index (κ3) is 2.94. The van der Waals surface area contributed by atoms with Crippen LogP contribution in [0.15, 0.2) is 47.8 Å². The summed E-state index contributed by atoms with van der Waals surface area (Å²) in [5.74, 6) is 0. The molecule has 1 unspecified atom stereocenters. The van der Waals surface area contributed by atoms with E-state index in [0.717, 1.165) is 12.8 Å². The lowest BCUT2D eigenvalue weighted by Gasteiger charge is -2.15. The second-order valence-corrected chi connectivity index (χ2v) is 4.90. The molecule has 2 rings (SSSR count). The maximum atomic E-state index is 3.39. The fraction of sp³-hybridized carbons (Fsp3) is 0.286. The molecule has 1 atom stereocenters. The molecule has 0 fully saturated rings. The lowest BCUT2D eigenvalue weighted by molar-refractivity contribution is 0.551. The van der Waals surface area contributed by atoms with Gasteiger partial charge in [-0.1, -0.05) is 36.4 Å². The topological polar surface area (TPSA) is 12.0 Å². The zero-order valence-corrected chi connectivity index (χ0v) is 10.3. The molecule has 1 heterocycles. The Kier molecular flexibility index (Phi) is 4.14. The molecule has 1 aromatic carbocycles. The Bertz CT molecular complexity index is 394. The molecule has 0 amide bonds. The van der Waals surface area contributed by atoms with E-state index in [4.69, 9.17) is 0 Å². The third-order valence-corrected chi connectivity index (χ3v) is 3.75. The second-order valence-electron chi connectivity index (χ2n) is 3.87. The van der Waals surface area contributed by atoms with Gasteiger partial charge in [0, 0.05) is 10.9 Å².